The summed E-state index contributed by atoms with van der Waals surface area (Å²) < 4.78 is 22.5. The second kappa shape index (κ2) is 5.42. The summed E-state index contributed by atoms with van der Waals surface area (Å²) in [4.78, 5) is 12.0. The zero-order valence-electron chi connectivity index (χ0n) is 10.0. The molecule has 0 saturated heterocycles. The first kappa shape index (κ1) is 13.9. The lowest BCUT2D eigenvalue weighted by Gasteiger charge is -2.07. The summed E-state index contributed by atoms with van der Waals surface area (Å²) >= 11 is 0. The zero-order chi connectivity index (χ0) is 13.1. The Morgan fingerprint density at radius 1 is 1.29 bits per heavy atom. The molecule has 0 heterocycles. The van der Waals surface area contributed by atoms with Crippen molar-refractivity contribution in [3.63, 3.8) is 0 Å². The Morgan fingerprint density at radius 2 is 1.82 bits per heavy atom. The van der Waals surface area contributed by atoms with Gasteiger partial charge in [-0.1, -0.05) is 19.1 Å². The van der Waals surface area contributed by atoms with E-state index in [1.807, 2.05) is 6.92 Å². The largest absolute Gasteiger partial charge is 0.330 e. The molecule has 0 radical (unpaired) electrons. The molecule has 1 aromatic carbocycles. The molecule has 0 fully saturated rings. The molecule has 1 unspecified atom stereocenters. The second-order valence-electron chi connectivity index (χ2n) is 4.26. The van der Waals surface area contributed by atoms with E-state index >= 15 is 0 Å². The second-order valence-corrected chi connectivity index (χ2v) is 6.28. The van der Waals surface area contributed by atoms with E-state index in [0.717, 1.165) is 6.26 Å². The van der Waals surface area contributed by atoms with Gasteiger partial charge in [-0.3, -0.25) is 4.79 Å². The first-order valence-corrected chi connectivity index (χ1v) is 7.27. The van der Waals surface area contributed by atoms with E-state index in [1.54, 1.807) is 12.1 Å². The van der Waals surface area contributed by atoms with Crippen LogP contribution in [-0.2, 0) is 9.84 Å². The predicted octanol–water partition coefficient (Wildman–Crippen LogP) is 1.26. The molecule has 0 amide bonds. The zero-order valence-corrected chi connectivity index (χ0v) is 10.8. The maximum Gasteiger partial charge on any atom is 0.175 e. The van der Waals surface area contributed by atoms with Crippen molar-refractivity contribution in [3.05, 3.63) is 29.8 Å². The van der Waals surface area contributed by atoms with Crippen LogP contribution >= 0.6 is 0 Å². The number of sulfone groups is 1. The van der Waals surface area contributed by atoms with E-state index < -0.39 is 9.84 Å². The molecule has 0 spiro atoms. The smallest absolute Gasteiger partial charge is 0.175 e. The number of Topliss-reactive ketones (excluding diaryl/α,β-unsaturated/α-hetero) is 1. The van der Waals surface area contributed by atoms with Gasteiger partial charge in [-0.2, -0.15) is 0 Å². The molecule has 0 aliphatic rings. The van der Waals surface area contributed by atoms with E-state index in [4.69, 9.17) is 5.73 Å². The topological polar surface area (TPSA) is 77.2 Å². The van der Waals surface area contributed by atoms with Crippen molar-refractivity contribution in [2.45, 2.75) is 18.2 Å². The van der Waals surface area contributed by atoms with Gasteiger partial charge in [0.25, 0.3) is 0 Å². The van der Waals surface area contributed by atoms with Gasteiger partial charge in [-0.25, -0.2) is 8.42 Å². The van der Waals surface area contributed by atoms with Gasteiger partial charge in [0.2, 0.25) is 0 Å². The van der Waals surface area contributed by atoms with Crippen LogP contribution in [0.5, 0.6) is 0 Å². The van der Waals surface area contributed by atoms with Crippen LogP contribution in [-0.4, -0.2) is 27.0 Å². The van der Waals surface area contributed by atoms with Crippen LogP contribution in [0.25, 0.3) is 0 Å². The number of carbonyl (C=O) groups is 1. The lowest BCUT2D eigenvalue weighted by molar-refractivity contribution is 0.0966. The Bertz CT molecular complexity index is 491. The minimum Gasteiger partial charge on any atom is -0.330 e. The van der Waals surface area contributed by atoms with E-state index in [2.05, 4.69) is 0 Å². The van der Waals surface area contributed by atoms with Crippen molar-refractivity contribution in [1.29, 1.82) is 0 Å². The number of carbonyl (C=O) groups excluding carboxylic acids is 1. The molecule has 0 aliphatic heterocycles. The summed E-state index contributed by atoms with van der Waals surface area (Å²) in [5.74, 6) is 0.125. The van der Waals surface area contributed by atoms with E-state index in [1.165, 1.54) is 12.1 Å². The van der Waals surface area contributed by atoms with Crippen LogP contribution in [0.3, 0.4) is 0 Å². The van der Waals surface area contributed by atoms with Crippen LogP contribution in [0.1, 0.15) is 23.7 Å². The highest BCUT2D eigenvalue weighted by atomic mass is 32.2. The lowest BCUT2D eigenvalue weighted by atomic mass is 10.00. The first-order chi connectivity index (χ1) is 7.84. The number of rotatable bonds is 5. The van der Waals surface area contributed by atoms with Gasteiger partial charge in [-0.15, -0.1) is 0 Å². The number of ketones is 1. The Hall–Kier alpha value is -1.20. The standard InChI is InChI=1S/C12H17NO3S/c1-9(8-13)7-12(14)10-3-5-11(6-4-10)17(2,15)16/h3-6,9H,7-8,13H2,1-2H3. The monoisotopic (exact) mass is 255 g/mol. The normalized spacial score (nSPS) is 13.4. The van der Waals surface area contributed by atoms with E-state index in [9.17, 15) is 13.2 Å². The molecule has 0 aromatic heterocycles. The number of hydrogen-bond acceptors (Lipinski definition) is 4. The molecule has 0 aliphatic carbocycles. The van der Waals surface area contributed by atoms with Gasteiger partial charge < -0.3 is 5.73 Å². The summed E-state index contributed by atoms with van der Waals surface area (Å²) in [6.45, 7) is 2.37. The summed E-state index contributed by atoms with van der Waals surface area (Å²) in [6.07, 6.45) is 1.52. The number of hydrogen-bond donors (Lipinski definition) is 1. The summed E-state index contributed by atoms with van der Waals surface area (Å²) in [5, 5.41) is 0. The number of benzene rings is 1. The molecular formula is C12H17NO3S. The Labute approximate surface area is 102 Å². The fourth-order valence-corrected chi connectivity index (χ4v) is 2.04. The summed E-state index contributed by atoms with van der Waals surface area (Å²) in [7, 11) is -3.20. The SMILES string of the molecule is CC(CN)CC(=O)c1ccc(S(C)(=O)=O)cc1. The predicted molar refractivity (Wildman–Crippen MR) is 66.7 cm³/mol. The molecule has 1 aromatic rings. The molecule has 4 nitrogen and oxygen atoms in total. The quantitative estimate of drug-likeness (QED) is 0.803. The molecule has 94 valence electrons. The van der Waals surface area contributed by atoms with Crippen molar-refractivity contribution in [3.8, 4) is 0 Å². The van der Waals surface area contributed by atoms with Gasteiger partial charge >= 0.3 is 0 Å². The van der Waals surface area contributed by atoms with Crippen molar-refractivity contribution >= 4 is 15.6 Å². The Balaban J connectivity index is 2.85. The van der Waals surface area contributed by atoms with Gasteiger partial charge in [0.05, 0.1) is 4.90 Å². The van der Waals surface area contributed by atoms with Crippen molar-refractivity contribution in [2.75, 3.05) is 12.8 Å². The van der Waals surface area contributed by atoms with Gasteiger partial charge in [0, 0.05) is 18.2 Å². The molecule has 17 heavy (non-hydrogen) atoms. The highest BCUT2D eigenvalue weighted by Crippen LogP contribution is 2.13. The molecule has 1 atom stereocenters. The molecule has 2 N–H and O–H groups in total. The van der Waals surface area contributed by atoms with Gasteiger partial charge in [0.1, 0.15) is 0 Å². The molecule has 5 heteroatoms. The van der Waals surface area contributed by atoms with E-state index in [-0.39, 0.29) is 16.6 Å². The van der Waals surface area contributed by atoms with Crippen LogP contribution in [0.4, 0.5) is 0 Å². The van der Waals surface area contributed by atoms with Crippen molar-refractivity contribution in [1.82, 2.24) is 0 Å². The lowest BCUT2D eigenvalue weighted by Crippen LogP contribution is -2.15. The Morgan fingerprint density at radius 3 is 2.24 bits per heavy atom. The third-order valence-corrected chi connectivity index (χ3v) is 3.67. The van der Waals surface area contributed by atoms with Gasteiger partial charge in [0.15, 0.2) is 15.6 Å². The summed E-state index contributed by atoms with van der Waals surface area (Å²) in [6, 6.07) is 6.00. The average molecular weight is 255 g/mol. The third kappa shape index (κ3) is 3.94. The van der Waals surface area contributed by atoms with E-state index in [0.29, 0.717) is 18.5 Å². The maximum absolute atomic E-state index is 11.8. The first-order valence-electron chi connectivity index (χ1n) is 5.38. The number of nitrogens with two attached hydrogens (primary N) is 1. The molecule has 1 rings (SSSR count). The Kier molecular flexibility index (Phi) is 4.42. The summed E-state index contributed by atoms with van der Waals surface area (Å²) in [5.41, 5.74) is 5.97. The van der Waals surface area contributed by atoms with Crippen LogP contribution in [0, 0.1) is 5.92 Å². The highest BCUT2D eigenvalue weighted by molar-refractivity contribution is 7.90. The van der Waals surface area contributed by atoms with Crippen LogP contribution in [0.2, 0.25) is 0 Å². The average Bonchev–Trinajstić information content (AvgIpc) is 2.27. The van der Waals surface area contributed by atoms with Crippen molar-refractivity contribution < 1.29 is 13.2 Å². The maximum atomic E-state index is 11.8. The minimum absolute atomic E-state index is 0.0111. The highest BCUT2D eigenvalue weighted by Gasteiger charge is 2.12. The fraction of sp³-hybridized carbons (Fsp3) is 0.417. The minimum atomic E-state index is -3.20. The fourth-order valence-electron chi connectivity index (χ4n) is 1.41. The molecular weight excluding hydrogens is 238 g/mol. The van der Waals surface area contributed by atoms with Crippen LogP contribution in [0.15, 0.2) is 29.2 Å². The van der Waals surface area contributed by atoms with Gasteiger partial charge in [-0.05, 0) is 24.6 Å². The third-order valence-electron chi connectivity index (χ3n) is 2.54. The molecule has 0 saturated carbocycles. The molecule has 0 bridgehead atoms. The van der Waals surface area contributed by atoms with Crippen LogP contribution < -0.4 is 5.73 Å². The van der Waals surface area contributed by atoms with Crippen molar-refractivity contribution in [2.24, 2.45) is 11.7 Å².